The average Bonchev–Trinajstić information content (AvgIpc) is 3.23. The van der Waals surface area contributed by atoms with Gasteiger partial charge in [-0.1, -0.05) is 23.7 Å². The lowest BCUT2D eigenvalue weighted by Gasteiger charge is -2.10. The first-order valence-electron chi connectivity index (χ1n) is 9.84. The summed E-state index contributed by atoms with van der Waals surface area (Å²) in [7, 11) is 1.63. The number of carbonyl (C=O) groups is 1. The first kappa shape index (κ1) is 25.5. The molecule has 0 aliphatic heterocycles. The minimum Gasteiger partial charge on any atom is -0.495 e. The molecule has 4 rings (SSSR count). The number of methoxy groups -OCH3 is 1. The van der Waals surface area contributed by atoms with Crippen LogP contribution in [0.1, 0.15) is 17.1 Å². The van der Waals surface area contributed by atoms with E-state index >= 15 is 0 Å². The zero-order valence-electron chi connectivity index (χ0n) is 18.3. The number of ether oxygens (including phenoxy) is 1. The lowest BCUT2D eigenvalue weighted by Crippen LogP contribution is -2.21. The number of aromatic nitrogens is 4. The maximum absolute atomic E-state index is 12.2. The first-order valence-corrected chi connectivity index (χ1v) is 10.2. The van der Waals surface area contributed by atoms with E-state index in [9.17, 15) is 18.0 Å². The molecule has 0 unspecified atom stereocenters. The van der Waals surface area contributed by atoms with Gasteiger partial charge in [0.15, 0.2) is 0 Å². The van der Waals surface area contributed by atoms with Crippen molar-refractivity contribution in [2.75, 3.05) is 7.11 Å². The van der Waals surface area contributed by atoms with Crippen LogP contribution in [0.5, 0.6) is 5.75 Å². The van der Waals surface area contributed by atoms with Gasteiger partial charge < -0.3 is 19.4 Å². The molecule has 0 radical (unpaired) electrons. The highest BCUT2D eigenvalue weighted by Gasteiger charge is 2.38. The number of fused-ring (bicyclic) bond motifs is 1. The largest absolute Gasteiger partial charge is 0.495 e. The molecule has 0 amide bonds. The predicted molar refractivity (Wildman–Crippen MR) is 125 cm³/mol. The Labute approximate surface area is 201 Å². The monoisotopic (exact) mass is 506 g/mol. The first-order chi connectivity index (χ1) is 16.5. The maximum Gasteiger partial charge on any atom is 0.490 e. The number of carboxylic acid groups (broad SMARTS) is 1. The van der Waals surface area contributed by atoms with Gasteiger partial charge in [0.1, 0.15) is 11.6 Å². The highest BCUT2D eigenvalue weighted by atomic mass is 35.5. The van der Waals surface area contributed by atoms with Crippen molar-refractivity contribution in [1.29, 1.82) is 0 Å². The molecule has 35 heavy (non-hydrogen) atoms. The zero-order chi connectivity index (χ0) is 25.8. The fourth-order valence-electron chi connectivity index (χ4n) is 2.95. The summed E-state index contributed by atoms with van der Waals surface area (Å²) in [5.41, 5.74) is 3.08. The van der Waals surface area contributed by atoms with Crippen molar-refractivity contribution in [2.45, 2.75) is 13.1 Å². The van der Waals surface area contributed by atoms with Crippen LogP contribution in [0, 0.1) is 6.92 Å². The summed E-state index contributed by atoms with van der Waals surface area (Å²) in [5.74, 6) is -1.59. The van der Waals surface area contributed by atoms with Gasteiger partial charge >= 0.3 is 12.1 Å². The van der Waals surface area contributed by atoms with Crippen molar-refractivity contribution < 1.29 is 27.8 Å². The van der Waals surface area contributed by atoms with Crippen molar-refractivity contribution in [2.24, 2.45) is 0 Å². The van der Waals surface area contributed by atoms with E-state index in [4.69, 9.17) is 26.2 Å². The summed E-state index contributed by atoms with van der Waals surface area (Å²) in [5, 5.41) is 8.17. The van der Waals surface area contributed by atoms with E-state index in [0.29, 0.717) is 27.5 Å². The van der Waals surface area contributed by atoms with E-state index in [1.54, 1.807) is 37.7 Å². The number of benzene rings is 2. The van der Waals surface area contributed by atoms with E-state index in [1.807, 2.05) is 42.0 Å². The molecule has 0 bridgehead atoms. The van der Waals surface area contributed by atoms with Crippen molar-refractivity contribution in [3.63, 3.8) is 0 Å². The molecule has 0 spiro atoms. The number of nitrogens with zero attached hydrogens (tertiary/aromatic N) is 3. The van der Waals surface area contributed by atoms with Crippen LogP contribution >= 0.6 is 11.6 Å². The number of imidazole rings is 1. The molecule has 2 aromatic carbocycles. The summed E-state index contributed by atoms with van der Waals surface area (Å²) in [6.45, 7) is 1.94. The van der Waals surface area contributed by atoms with Crippen LogP contribution < -0.4 is 10.3 Å². The van der Waals surface area contributed by atoms with Crippen LogP contribution in [0.25, 0.3) is 28.7 Å². The lowest BCUT2D eigenvalue weighted by atomic mass is 10.1. The van der Waals surface area contributed by atoms with Crippen molar-refractivity contribution >= 4 is 40.6 Å². The SMILES string of the molecule is COc1cc(C=Cc2nc3cc(Cl)ccc3c(=O)[nH]2)ccc1-n1cnc(C)c1.O=C(O)C(F)(F)F. The summed E-state index contributed by atoms with van der Waals surface area (Å²) >= 11 is 6.01. The number of halogens is 4. The second-order valence-corrected chi connectivity index (χ2v) is 7.54. The van der Waals surface area contributed by atoms with Gasteiger partial charge in [-0.3, -0.25) is 4.79 Å². The van der Waals surface area contributed by atoms with Crippen molar-refractivity contribution in [3.05, 3.63) is 81.4 Å². The number of H-pyrrole nitrogens is 1. The number of aliphatic carboxylic acids is 1. The zero-order valence-corrected chi connectivity index (χ0v) is 19.1. The minimum absolute atomic E-state index is 0.204. The number of hydrogen-bond donors (Lipinski definition) is 2. The fraction of sp³-hybridized carbons (Fsp3) is 0.130. The second-order valence-electron chi connectivity index (χ2n) is 7.10. The topological polar surface area (TPSA) is 110 Å². The molecule has 2 heterocycles. The van der Waals surface area contributed by atoms with Crippen LogP contribution in [-0.2, 0) is 4.79 Å². The van der Waals surface area contributed by atoms with E-state index in [1.165, 1.54) is 0 Å². The summed E-state index contributed by atoms with van der Waals surface area (Å²) in [4.78, 5) is 32.6. The highest BCUT2D eigenvalue weighted by molar-refractivity contribution is 6.31. The quantitative estimate of drug-likeness (QED) is 0.408. The number of aryl methyl sites for hydroxylation is 1. The van der Waals surface area contributed by atoms with E-state index < -0.39 is 12.1 Å². The van der Waals surface area contributed by atoms with Gasteiger partial charge in [-0.25, -0.2) is 14.8 Å². The van der Waals surface area contributed by atoms with Gasteiger partial charge in [0.05, 0.1) is 35.7 Å². The Hall–Kier alpha value is -4.12. The van der Waals surface area contributed by atoms with Crippen LogP contribution in [0.4, 0.5) is 13.2 Å². The van der Waals surface area contributed by atoms with Crippen molar-refractivity contribution in [3.8, 4) is 11.4 Å². The van der Waals surface area contributed by atoms with E-state index in [0.717, 1.165) is 16.9 Å². The smallest absolute Gasteiger partial charge is 0.490 e. The molecule has 0 aliphatic carbocycles. The second kappa shape index (κ2) is 10.4. The normalized spacial score (nSPS) is 11.4. The number of rotatable bonds is 4. The number of alkyl halides is 3. The van der Waals surface area contributed by atoms with Crippen molar-refractivity contribution in [1.82, 2.24) is 19.5 Å². The highest BCUT2D eigenvalue weighted by Crippen LogP contribution is 2.25. The Morgan fingerprint density at radius 1 is 1.20 bits per heavy atom. The summed E-state index contributed by atoms with van der Waals surface area (Å²) in [6.07, 6.45) is 2.21. The summed E-state index contributed by atoms with van der Waals surface area (Å²) < 4.78 is 39.2. The van der Waals surface area contributed by atoms with E-state index in [2.05, 4.69) is 15.0 Å². The maximum atomic E-state index is 12.2. The van der Waals surface area contributed by atoms with Gasteiger partial charge in [0.25, 0.3) is 5.56 Å². The third-order valence-electron chi connectivity index (χ3n) is 4.56. The number of carboxylic acids is 1. The number of nitrogens with one attached hydrogen (secondary N) is 1. The average molecular weight is 507 g/mol. The van der Waals surface area contributed by atoms with Gasteiger partial charge in [-0.05, 0) is 48.9 Å². The Morgan fingerprint density at radius 3 is 2.51 bits per heavy atom. The predicted octanol–water partition coefficient (Wildman–Crippen LogP) is 4.88. The fourth-order valence-corrected chi connectivity index (χ4v) is 3.12. The molecule has 2 N–H and O–H groups in total. The minimum atomic E-state index is -5.08. The van der Waals surface area contributed by atoms with Crippen LogP contribution in [0.3, 0.4) is 0 Å². The number of aromatic amines is 1. The molecule has 0 fully saturated rings. The van der Waals surface area contributed by atoms with Crippen LogP contribution in [-0.4, -0.2) is 43.9 Å². The molecule has 8 nitrogen and oxygen atoms in total. The molecule has 182 valence electrons. The molecule has 4 aromatic rings. The molecule has 0 aliphatic rings. The summed E-state index contributed by atoms with van der Waals surface area (Å²) in [6, 6.07) is 10.8. The molecular weight excluding hydrogens is 489 g/mol. The van der Waals surface area contributed by atoms with Crippen LogP contribution in [0.2, 0.25) is 5.02 Å². The Balaban J connectivity index is 0.000000429. The lowest BCUT2D eigenvalue weighted by molar-refractivity contribution is -0.192. The van der Waals surface area contributed by atoms with Crippen LogP contribution in [0.15, 0.2) is 53.7 Å². The molecular formula is C23H18ClF3N4O4. The van der Waals surface area contributed by atoms with Gasteiger partial charge in [-0.15, -0.1) is 0 Å². The van der Waals surface area contributed by atoms with Gasteiger partial charge in [0.2, 0.25) is 0 Å². The molecule has 0 saturated heterocycles. The molecule has 12 heteroatoms. The molecule has 0 saturated carbocycles. The molecule has 2 aromatic heterocycles. The third-order valence-corrected chi connectivity index (χ3v) is 4.79. The Morgan fingerprint density at radius 2 is 1.91 bits per heavy atom. The third kappa shape index (κ3) is 6.48. The van der Waals surface area contributed by atoms with Gasteiger partial charge in [-0.2, -0.15) is 13.2 Å². The van der Waals surface area contributed by atoms with Gasteiger partial charge in [0, 0.05) is 11.2 Å². The Kier molecular flexibility index (Phi) is 7.60. The molecule has 0 atom stereocenters. The standard InChI is InChI=1S/C21H17ClN4O2.C2HF3O2/c1-13-11-26(12-23-13)18-7-3-14(9-19(18)28-2)4-8-20-24-17-10-15(22)5-6-16(17)21(27)25-20;3-2(4,5)1(6)7/h3-12H,1-2H3,(H,24,25,27);(H,6,7). The number of hydrogen-bond acceptors (Lipinski definition) is 5. The Bertz CT molecular complexity index is 1460. The van der Waals surface area contributed by atoms with E-state index in [-0.39, 0.29) is 5.56 Å².